The molecule has 0 aliphatic carbocycles. The molecule has 1 aromatic rings. The lowest BCUT2D eigenvalue weighted by Crippen LogP contribution is -2.23. The van der Waals surface area contributed by atoms with E-state index in [1.165, 1.54) is 0 Å². The lowest BCUT2D eigenvalue weighted by molar-refractivity contribution is -0.128. The molecule has 4 nitrogen and oxygen atoms in total. The molecule has 4 heteroatoms. The Bertz CT molecular complexity index is 404. The van der Waals surface area contributed by atoms with E-state index in [2.05, 4.69) is 11.4 Å². The number of amides is 1. The molecule has 0 radical (unpaired) electrons. The molecule has 0 atom stereocenters. The van der Waals surface area contributed by atoms with E-state index < -0.39 is 0 Å². The summed E-state index contributed by atoms with van der Waals surface area (Å²) in [7, 11) is 3.50. The second kappa shape index (κ2) is 6.54. The third kappa shape index (κ3) is 4.56. The summed E-state index contributed by atoms with van der Waals surface area (Å²) in [5.41, 5.74) is 1.97. The van der Waals surface area contributed by atoms with Gasteiger partial charge in [-0.2, -0.15) is 5.26 Å². The van der Waals surface area contributed by atoms with Crippen LogP contribution in [0.1, 0.15) is 12.0 Å². The van der Waals surface area contributed by atoms with Gasteiger partial charge in [0.05, 0.1) is 12.5 Å². The fourth-order valence-corrected chi connectivity index (χ4v) is 1.37. The van der Waals surface area contributed by atoms with Gasteiger partial charge in [-0.15, -0.1) is 0 Å². The molecular formula is C13H17N3O. The van der Waals surface area contributed by atoms with Crippen LogP contribution in [-0.2, 0) is 11.2 Å². The molecule has 1 rings (SSSR count). The second-order valence-electron chi connectivity index (χ2n) is 4.00. The number of hydrogen-bond acceptors (Lipinski definition) is 3. The average Bonchev–Trinajstić information content (AvgIpc) is 2.31. The molecule has 0 fully saturated rings. The highest BCUT2D eigenvalue weighted by Gasteiger charge is 2.02. The first-order valence-corrected chi connectivity index (χ1v) is 5.53. The first-order chi connectivity index (χ1) is 8.13. The summed E-state index contributed by atoms with van der Waals surface area (Å²) in [5.74, 6) is 0.110. The Kier molecular flexibility index (Phi) is 5.02. The molecule has 1 aromatic carbocycles. The number of hydrogen-bond donors (Lipinski definition) is 1. The lowest BCUT2D eigenvalue weighted by atomic mass is 10.1. The van der Waals surface area contributed by atoms with Crippen LogP contribution in [0.15, 0.2) is 24.3 Å². The van der Waals surface area contributed by atoms with Crippen LogP contribution in [0.2, 0.25) is 0 Å². The summed E-state index contributed by atoms with van der Waals surface area (Å²) in [6, 6.07) is 9.78. The molecule has 0 aliphatic heterocycles. The van der Waals surface area contributed by atoms with Crippen molar-refractivity contribution in [3.05, 3.63) is 29.8 Å². The lowest BCUT2D eigenvalue weighted by Gasteiger charge is -2.11. The van der Waals surface area contributed by atoms with Gasteiger partial charge in [-0.05, 0) is 17.7 Å². The van der Waals surface area contributed by atoms with Crippen LogP contribution in [0, 0.1) is 11.3 Å². The number of benzene rings is 1. The summed E-state index contributed by atoms with van der Waals surface area (Å²) in [4.78, 5) is 12.9. The second-order valence-corrected chi connectivity index (χ2v) is 4.00. The average molecular weight is 231 g/mol. The Morgan fingerprint density at radius 1 is 1.35 bits per heavy atom. The van der Waals surface area contributed by atoms with Crippen molar-refractivity contribution >= 4 is 11.6 Å². The Balaban J connectivity index is 2.38. The molecular weight excluding hydrogens is 214 g/mol. The van der Waals surface area contributed by atoms with Gasteiger partial charge >= 0.3 is 0 Å². The van der Waals surface area contributed by atoms with Gasteiger partial charge < -0.3 is 10.2 Å². The molecule has 0 aliphatic rings. The summed E-state index contributed by atoms with van der Waals surface area (Å²) in [6.07, 6.45) is 0.909. The first-order valence-electron chi connectivity index (χ1n) is 5.53. The topological polar surface area (TPSA) is 56.1 Å². The van der Waals surface area contributed by atoms with Crippen molar-refractivity contribution in [1.82, 2.24) is 4.90 Å². The number of carbonyl (C=O) groups is 1. The molecule has 0 bridgehead atoms. The van der Waals surface area contributed by atoms with E-state index in [0.29, 0.717) is 19.4 Å². The zero-order valence-corrected chi connectivity index (χ0v) is 10.2. The van der Waals surface area contributed by atoms with Crippen LogP contribution in [-0.4, -0.2) is 31.4 Å². The number of rotatable bonds is 5. The van der Waals surface area contributed by atoms with Crippen LogP contribution >= 0.6 is 0 Å². The molecule has 1 amide bonds. The number of nitrogens with zero attached hydrogens (tertiary/aromatic N) is 2. The first kappa shape index (κ1) is 13.0. The Morgan fingerprint density at radius 3 is 2.53 bits per heavy atom. The zero-order chi connectivity index (χ0) is 12.7. The molecule has 0 unspecified atom stereocenters. The number of anilines is 1. The fraction of sp³-hybridized carbons (Fsp3) is 0.385. The van der Waals surface area contributed by atoms with Crippen molar-refractivity contribution in [2.45, 2.75) is 12.8 Å². The van der Waals surface area contributed by atoms with Crippen molar-refractivity contribution in [2.75, 3.05) is 26.0 Å². The van der Waals surface area contributed by atoms with Gasteiger partial charge in [0.15, 0.2) is 0 Å². The van der Waals surface area contributed by atoms with Gasteiger partial charge in [0.2, 0.25) is 5.91 Å². The Hall–Kier alpha value is -2.02. The van der Waals surface area contributed by atoms with Crippen molar-refractivity contribution < 1.29 is 4.79 Å². The summed E-state index contributed by atoms with van der Waals surface area (Å²) in [5, 5.41) is 11.7. The molecule has 0 saturated carbocycles. The number of nitrogens with one attached hydrogen (secondary N) is 1. The van der Waals surface area contributed by atoms with E-state index in [9.17, 15) is 4.79 Å². The molecule has 1 N–H and O–H groups in total. The third-order valence-corrected chi connectivity index (χ3v) is 2.40. The van der Waals surface area contributed by atoms with E-state index >= 15 is 0 Å². The van der Waals surface area contributed by atoms with E-state index in [4.69, 9.17) is 5.26 Å². The molecule has 0 aromatic heterocycles. The van der Waals surface area contributed by atoms with Crippen molar-refractivity contribution in [1.29, 1.82) is 5.26 Å². The van der Waals surface area contributed by atoms with Gasteiger partial charge in [-0.25, -0.2) is 0 Å². The van der Waals surface area contributed by atoms with Gasteiger partial charge in [0.25, 0.3) is 0 Å². The van der Waals surface area contributed by atoms with Crippen molar-refractivity contribution in [3.8, 4) is 6.07 Å². The minimum absolute atomic E-state index is 0.110. The van der Waals surface area contributed by atoms with Crippen LogP contribution in [0.25, 0.3) is 0 Å². The molecule has 0 spiro atoms. The molecule has 17 heavy (non-hydrogen) atoms. The molecule has 0 heterocycles. The van der Waals surface area contributed by atoms with Gasteiger partial charge in [-0.1, -0.05) is 12.1 Å². The smallest absolute Gasteiger partial charge is 0.223 e. The van der Waals surface area contributed by atoms with Gasteiger partial charge in [-0.3, -0.25) is 4.79 Å². The van der Waals surface area contributed by atoms with E-state index in [-0.39, 0.29) is 5.91 Å². The standard InChI is InChI=1S/C13H17N3O/c1-16(2)13(17)8-10-15-12-5-3-11(4-6-12)7-9-14/h3-6,15H,7-8,10H2,1-2H3. The summed E-state index contributed by atoms with van der Waals surface area (Å²) < 4.78 is 0. The predicted molar refractivity (Wildman–Crippen MR) is 67.6 cm³/mol. The van der Waals surface area contributed by atoms with E-state index in [0.717, 1.165) is 11.3 Å². The molecule has 90 valence electrons. The highest BCUT2D eigenvalue weighted by Crippen LogP contribution is 2.09. The largest absolute Gasteiger partial charge is 0.385 e. The summed E-state index contributed by atoms with van der Waals surface area (Å²) in [6.45, 7) is 0.620. The van der Waals surface area contributed by atoms with Crippen molar-refractivity contribution in [2.24, 2.45) is 0 Å². The maximum absolute atomic E-state index is 11.3. The van der Waals surface area contributed by atoms with Gasteiger partial charge in [0.1, 0.15) is 0 Å². The minimum atomic E-state index is 0.110. The predicted octanol–water partition coefficient (Wildman–Crippen LogP) is 1.64. The van der Waals surface area contributed by atoms with Crippen LogP contribution < -0.4 is 5.32 Å². The molecule has 0 saturated heterocycles. The quantitative estimate of drug-likeness (QED) is 0.838. The van der Waals surface area contributed by atoms with Crippen molar-refractivity contribution in [3.63, 3.8) is 0 Å². The maximum Gasteiger partial charge on any atom is 0.223 e. The normalized spacial score (nSPS) is 9.47. The third-order valence-electron chi connectivity index (χ3n) is 2.40. The summed E-state index contributed by atoms with van der Waals surface area (Å²) >= 11 is 0. The number of nitriles is 1. The Labute approximate surface area is 102 Å². The highest BCUT2D eigenvalue weighted by atomic mass is 16.2. The maximum atomic E-state index is 11.3. The van der Waals surface area contributed by atoms with Gasteiger partial charge in [0, 0.05) is 32.7 Å². The van der Waals surface area contributed by atoms with E-state index in [1.54, 1.807) is 19.0 Å². The van der Waals surface area contributed by atoms with Crippen LogP contribution in [0.4, 0.5) is 5.69 Å². The van der Waals surface area contributed by atoms with Crippen LogP contribution in [0.5, 0.6) is 0 Å². The SMILES string of the molecule is CN(C)C(=O)CCNc1ccc(CC#N)cc1. The zero-order valence-electron chi connectivity index (χ0n) is 10.2. The highest BCUT2D eigenvalue weighted by molar-refractivity contribution is 5.76. The van der Waals surface area contributed by atoms with E-state index in [1.807, 2.05) is 24.3 Å². The fourth-order valence-electron chi connectivity index (χ4n) is 1.37. The monoisotopic (exact) mass is 231 g/mol. The number of carbonyl (C=O) groups excluding carboxylic acids is 1. The van der Waals surface area contributed by atoms with Crippen LogP contribution in [0.3, 0.4) is 0 Å². The Morgan fingerprint density at radius 2 is 2.00 bits per heavy atom. The minimum Gasteiger partial charge on any atom is -0.385 e.